The first kappa shape index (κ1) is 15.1. The fourth-order valence-corrected chi connectivity index (χ4v) is 2.85. The van der Waals surface area contributed by atoms with Gasteiger partial charge in [-0.15, -0.1) is 6.58 Å². The summed E-state index contributed by atoms with van der Waals surface area (Å²) in [6.45, 7) is 5.88. The Balaban J connectivity index is 1.84. The third kappa shape index (κ3) is 3.00. The fourth-order valence-electron chi connectivity index (χ4n) is 2.49. The molecule has 0 spiro atoms. The number of hydrogen-bond donors (Lipinski definition) is 1. The Morgan fingerprint density at radius 3 is 2.95 bits per heavy atom. The molecule has 0 saturated heterocycles. The van der Waals surface area contributed by atoms with Crippen molar-refractivity contribution in [2.24, 2.45) is 0 Å². The summed E-state index contributed by atoms with van der Waals surface area (Å²) in [5.74, 6) is 0.794. The highest BCUT2D eigenvalue weighted by Gasteiger charge is 2.25. The average molecular weight is 334 g/mol. The molecule has 2 aromatic rings. The van der Waals surface area contributed by atoms with E-state index in [9.17, 15) is 0 Å². The lowest BCUT2D eigenvalue weighted by molar-refractivity contribution is 0.383. The second-order valence-corrected chi connectivity index (χ2v) is 5.91. The van der Waals surface area contributed by atoms with E-state index in [-0.39, 0.29) is 0 Å². The zero-order chi connectivity index (χ0) is 15.5. The summed E-state index contributed by atoms with van der Waals surface area (Å²) in [6, 6.07) is 7.58. The molecule has 3 rings (SSSR count). The summed E-state index contributed by atoms with van der Waals surface area (Å²) in [4.78, 5) is 2.12. The number of fused-ring (bicyclic) bond motifs is 1. The normalized spacial score (nSPS) is 13.6. The lowest BCUT2D eigenvalue weighted by Crippen LogP contribution is -2.42. The third-order valence-electron chi connectivity index (χ3n) is 3.63. The van der Waals surface area contributed by atoms with E-state index in [4.69, 9.17) is 28.3 Å². The van der Waals surface area contributed by atoms with Crippen molar-refractivity contribution in [2.45, 2.75) is 13.0 Å². The molecule has 6 heteroatoms. The first-order valence-corrected chi connectivity index (χ1v) is 7.84. The van der Waals surface area contributed by atoms with E-state index in [1.165, 1.54) is 0 Å². The summed E-state index contributed by atoms with van der Waals surface area (Å²) in [6.07, 6.45) is 2.61. The number of rotatable bonds is 3. The standard InChI is InChI=1S/C16H16ClN3OS/c1-2-8-18-16(22)20-9-7-14-13(10-20)15(21-19-14)11-3-5-12(17)6-4-11/h2-6H,1,7-10H2,(H,18,22). The molecule has 0 radical (unpaired) electrons. The maximum atomic E-state index is 5.94. The maximum absolute atomic E-state index is 5.94. The monoisotopic (exact) mass is 333 g/mol. The Morgan fingerprint density at radius 2 is 2.23 bits per heavy atom. The van der Waals surface area contributed by atoms with Crippen LogP contribution in [0.3, 0.4) is 0 Å². The average Bonchev–Trinajstić information content (AvgIpc) is 2.96. The van der Waals surface area contributed by atoms with E-state index >= 15 is 0 Å². The van der Waals surface area contributed by atoms with E-state index in [2.05, 4.69) is 22.0 Å². The van der Waals surface area contributed by atoms with Crippen LogP contribution in [0.25, 0.3) is 11.3 Å². The molecule has 1 aliphatic rings. The lowest BCUT2D eigenvalue weighted by atomic mass is 10.0. The van der Waals surface area contributed by atoms with Gasteiger partial charge < -0.3 is 14.7 Å². The number of thiocarbonyl (C=S) groups is 1. The molecule has 0 saturated carbocycles. The molecule has 4 nitrogen and oxygen atoms in total. The molecule has 22 heavy (non-hydrogen) atoms. The van der Waals surface area contributed by atoms with Crippen molar-refractivity contribution in [3.8, 4) is 11.3 Å². The van der Waals surface area contributed by atoms with Crippen molar-refractivity contribution in [1.29, 1.82) is 0 Å². The molecule has 0 unspecified atom stereocenters. The van der Waals surface area contributed by atoms with Crippen molar-refractivity contribution in [2.75, 3.05) is 13.1 Å². The Morgan fingerprint density at radius 1 is 1.45 bits per heavy atom. The highest BCUT2D eigenvalue weighted by molar-refractivity contribution is 7.80. The van der Waals surface area contributed by atoms with Gasteiger partial charge in [0.1, 0.15) is 0 Å². The minimum Gasteiger partial charge on any atom is -0.359 e. The van der Waals surface area contributed by atoms with Gasteiger partial charge in [-0.25, -0.2) is 0 Å². The molecule has 0 aliphatic carbocycles. The van der Waals surface area contributed by atoms with E-state index in [0.29, 0.717) is 18.1 Å². The van der Waals surface area contributed by atoms with Gasteiger partial charge in [-0.2, -0.15) is 0 Å². The predicted octanol–water partition coefficient (Wildman–Crippen LogP) is 3.41. The number of hydrogen-bond acceptors (Lipinski definition) is 3. The number of aromatic nitrogens is 1. The molecule has 1 aromatic heterocycles. The van der Waals surface area contributed by atoms with Crippen LogP contribution in [-0.2, 0) is 13.0 Å². The van der Waals surface area contributed by atoms with Gasteiger partial charge in [0.15, 0.2) is 10.9 Å². The van der Waals surface area contributed by atoms with Gasteiger partial charge in [0.05, 0.1) is 12.2 Å². The summed E-state index contributed by atoms with van der Waals surface area (Å²) < 4.78 is 5.55. The van der Waals surface area contributed by atoms with Crippen molar-refractivity contribution in [1.82, 2.24) is 15.4 Å². The van der Waals surface area contributed by atoms with Crippen LogP contribution >= 0.6 is 23.8 Å². The van der Waals surface area contributed by atoms with Crippen LogP contribution in [0.4, 0.5) is 0 Å². The number of benzene rings is 1. The second-order valence-electron chi connectivity index (χ2n) is 5.09. The van der Waals surface area contributed by atoms with Crippen LogP contribution in [0.5, 0.6) is 0 Å². The van der Waals surface area contributed by atoms with Gasteiger partial charge in [0.25, 0.3) is 0 Å². The van der Waals surface area contributed by atoms with Crippen LogP contribution in [-0.4, -0.2) is 28.3 Å². The zero-order valence-corrected chi connectivity index (χ0v) is 13.6. The van der Waals surface area contributed by atoms with Gasteiger partial charge >= 0.3 is 0 Å². The molecule has 1 N–H and O–H groups in total. The van der Waals surface area contributed by atoms with Crippen molar-refractivity contribution < 1.29 is 4.52 Å². The molecular formula is C16H16ClN3OS. The first-order chi connectivity index (χ1) is 10.7. The third-order valence-corrected chi connectivity index (χ3v) is 4.28. The highest BCUT2D eigenvalue weighted by atomic mass is 35.5. The van der Waals surface area contributed by atoms with Crippen LogP contribution in [0.1, 0.15) is 11.3 Å². The largest absolute Gasteiger partial charge is 0.359 e. The van der Waals surface area contributed by atoms with Crippen LogP contribution in [0.15, 0.2) is 41.4 Å². The summed E-state index contributed by atoms with van der Waals surface area (Å²) >= 11 is 11.4. The molecular weight excluding hydrogens is 318 g/mol. The topological polar surface area (TPSA) is 41.3 Å². The van der Waals surface area contributed by atoms with Crippen molar-refractivity contribution >= 4 is 28.9 Å². The molecule has 1 aromatic carbocycles. The SMILES string of the molecule is C=CCNC(=S)N1CCc2noc(-c3ccc(Cl)cc3)c2C1. The molecule has 114 valence electrons. The van der Waals surface area contributed by atoms with Gasteiger partial charge in [0.2, 0.25) is 0 Å². The molecule has 1 aliphatic heterocycles. The maximum Gasteiger partial charge on any atom is 0.172 e. The van der Waals surface area contributed by atoms with E-state index < -0.39 is 0 Å². The van der Waals surface area contributed by atoms with Crippen LogP contribution in [0, 0.1) is 0 Å². The van der Waals surface area contributed by atoms with Crippen LogP contribution < -0.4 is 5.32 Å². The van der Waals surface area contributed by atoms with Gasteiger partial charge in [-0.1, -0.05) is 22.8 Å². The molecule has 0 fully saturated rings. The Kier molecular flexibility index (Phi) is 4.45. The van der Waals surface area contributed by atoms with Crippen LogP contribution in [0.2, 0.25) is 5.02 Å². The number of halogens is 1. The summed E-state index contributed by atoms with van der Waals surface area (Å²) in [5.41, 5.74) is 3.08. The zero-order valence-electron chi connectivity index (χ0n) is 12.0. The van der Waals surface area contributed by atoms with Crippen molar-refractivity contribution in [3.63, 3.8) is 0 Å². The van der Waals surface area contributed by atoms with E-state index in [1.807, 2.05) is 24.3 Å². The molecule has 0 atom stereocenters. The highest BCUT2D eigenvalue weighted by Crippen LogP contribution is 2.31. The second kappa shape index (κ2) is 6.50. The molecule has 2 heterocycles. The summed E-state index contributed by atoms with van der Waals surface area (Å²) in [7, 11) is 0. The van der Waals surface area contributed by atoms with E-state index in [0.717, 1.165) is 40.7 Å². The lowest BCUT2D eigenvalue weighted by Gasteiger charge is -2.28. The van der Waals surface area contributed by atoms with Gasteiger partial charge in [-0.3, -0.25) is 0 Å². The van der Waals surface area contributed by atoms with Crippen molar-refractivity contribution in [3.05, 3.63) is 53.2 Å². The predicted molar refractivity (Wildman–Crippen MR) is 91.9 cm³/mol. The number of nitrogens with zero attached hydrogens (tertiary/aromatic N) is 2. The molecule has 0 bridgehead atoms. The van der Waals surface area contributed by atoms with E-state index in [1.54, 1.807) is 6.08 Å². The van der Waals surface area contributed by atoms with Gasteiger partial charge in [0, 0.05) is 35.7 Å². The smallest absolute Gasteiger partial charge is 0.172 e. The summed E-state index contributed by atoms with van der Waals surface area (Å²) in [5, 5.41) is 8.79. The minimum absolute atomic E-state index is 0.663. The Bertz CT molecular complexity index is 696. The minimum atomic E-state index is 0.663. The first-order valence-electron chi connectivity index (χ1n) is 7.06. The quantitative estimate of drug-likeness (QED) is 0.688. The Labute approximate surface area is 139 Å². The fraction of sp³-hybridized carbons (Fsp3) is 0.250. The van der Waals surface area contributed by atoms with Gasteiger partial charge in [-0.05, 0) is 36.5 Å². The molecule has 0 amide bonds. The Hall–Kier alpha value is -1.85. The number of nitrogens with one attached hydrogen (secondary N) is 1.